The van der Waals surface area contributed by atoms with Crippen molar-refractivity contribution in [2.24, 2.45) is 17.8 Å². The molecular formula is C42H52IrNO2-. The number of hydrogen-bond donors (Lipinski definition) is 1. The summed E-state index contributed by atoms with van der Waals surface area (Å²) in [4.78, 5) is 16.9. The van der Waals surface area contributed by atoms with Gasteiger partial charge in [0.05, 0.1) is 5.52 Å². The van der Waals surface area contributed by atoms with Crippen molar-refractivity contribution in [1.82, 2.24) is 4.98 Å². The molecule has 0 bridgehead atoms. The minimum atomic E-state index is -0.0118. The molecule has 0 spiro atoms. The van der Waals surface area contributed by atoms with Crippen LogP contribution in [-0.4, -0.2) is 15.9 Å². The van der Waals surface area contributed by atoms with Crippen LogP contribution in [0.1, 0.15) is 103 Å². The molecule has 4 aromatic rings. The molecule has 2 atom stereocenters. The minimum absolute atomic E-state index is 0. The van der Waals surface area contributed by atoms with Gasteiger partial charge in [0.2, 0.25) is 0 Å². The molecule has 2 unspecified atom stereocenters. The number of fused-ring (bicyclic) bond motifs is 4. The standard InChI is InChI=1S/C30H30N.C12H22O2.Ir/c1-18(2)11-21-15-28(22-13-19(3)12-20(4)14-22)31-29-17-27-25(16-24(21)29)23-9-7-8-10-26(23)30(27,5)6;1-6-8(3)11(13)10(5)12(14)9(4)7-2;/h7-10,12-13,15-18H,11H2,1-6H3;8-9,13H,6-7H2,1-5H3;/q-1;;/b;11-10-;. The molecule has 3 aromatic carbocycles. The number of rotatable bonds is 8. The van der Waals surface area contributed by atoms with E-state index in [0.717, 1.165) is 41.6 Å². The third kappa shape index (κ3) is 7.72. The van der Waals surface area contributed by atoms with E-state index in [1.807, 2.05) is 27.7 Å². The molecule has 1 N–H and O–H groups in total. The van der Waals surface area contributed by atoms with E-state index in [0.29, 0.717) is 11.5 Å². The molecule has 1 radical (unpaired) electrons. The number of aryl methyl sites for hydroxylation is 2. The van der Waals surface area contributed by atoms with Gasteiger partial charge < -0.3 is 5.11 Å². The van der Waals surface area contributed by atoms with Gasteiger partial charge >= 0.3 is 0 Å². The summed E-state index contributed by atoms with van der Waals surface area (Å²) in [6.07, 6.45) is 2.72. The Hall–Kier alpha value is -3.07. The molecule has 1 aliphatic carbocycles. The fraction of sp³-hybridized carbons (Fsp3) is 0.429. The van der Waals surface area contributed by atoms with Crippen LogP contribution < -0.4 is 0 Å². The van der Waals surface area contributed by atoms with Crippen molar-refractivity contribution >= 4 is 16.7 Å². The van der Waals surface area contributed by atoms with E-state index in [1.165, 1.54) is 38.8 Å². The van der Waals surface area contributed by atoms with Gasteiger partial charge in [-0.1, -0.05) is 99.6 Å². The average Bonchev–Trinajstić information content (AvgIpc) is 3.23. The molecule has 247 valence electrons. The van der Waals surface area contributed by atoms with Crippen LogP contribution in [0.4, 0.5) is 0 Å². The summed E-state index contributed by atoms with van der Waals surface area (Å²) in [6, 6.07) is 23.8. The van der Waals surface area contributed by atoms with E-state index in [4.69, 9.17) is 4.98 Å². The van der Waals surface area contributed by atoms with Crippen LogP contribution in [0.5, 0.6) is 0 Å². The zero-order chi connectivity index (χ0) is 33.2. The second-order valence-electron chi connectivity index (χ2n) is 14.1. The summed E-state index contributed by atoms with van der Waals surface area (Å²) >= 11 is 0. The Balaban J connectivity index is 0.000000329. The van der Waals surface area contributed by atoms with Crippen LogP contribution >= 0.6 is 0 Å². The van der Waals surface area contributed by atoms with Gasteiger partial charge in [-0.3, -0.25) is 9.78 Å². The summed E-state index contributed by atoms with van der Waals surface area (Å²) in [6.45, 7) is 23.0. The molecule has 1 aliphatic rings. The van der Waals surface area contributed by atoms with Crippen molar-refractivity contribution in [2.75, 3.05) is 0 Å². The number of hydrogen-bond acceptors (Lipinski definition) is 3. The van der Waals surface area contributed by atoms with Gasteiger partial charge in [-0.15, -0.1) is 34.9 Å². The van der Waals surface area contributed by atoms with Gasteiger partial charge in [0, 0.05) is 48.3 Å². The van der Waals surface area contributed by atoms with Crippen LogP contribution in [0.3, 0.4) is 0 Å². The predicted molar refractivity (Wildman–Crippen MR) is 191 cm³/mol. The summed E-state index contributed by atoms with van der Waals surface area (Å²) in [5.41, 5.74) is 13.1. The quantitative estimate of drug-likeness (QED) is 0.110. The van der Waals surface area contributed by atoms with E-state index in [2.05, 4.69) is 102 Å². The predicted octanol–water partition coefficient (Wildman–Crippen LogP) is 11.3. The Morgan fingerprint density at radius 1 is 0.891 bits per heavy atom. The number of allylic oxidation sites excluding steroid dienone is 2. The molecule has 0 saturated heterocycles. The van der Waals surface area contributed by atoms with Gasteiger partial charge in [-0.05, 0) is 77.7 Å². The third-order valence-electron chi connectivity index (χ3n) is 9.54. The zero-order valence-corrected chi connectivity index (χ0v) is 32.1. The van der Waals surface area contributed by atoms with Crippen molar-refractivity contribution < 1.29 is 30.0 Å². The van der Waals surface area contributed by atoms with E-state index >= 15 is 0 Å². The first-order chi connectivity index (χ1) is 21.2. The van der Waals surface area contributed by atoms with Crippen LogP contribution in [0.15, 0.2) is 65.9 Å². The monoisotopic (exact) mass is 795 g/mol. The number of Topliss-reactive ketones (excluding diaryl/α,β-unsaturated/α-hetero) is 1. The molecule has 3 nitrogen and oxygen atoms in total. The molecule has 5 rings (SSSR count). The second kappa shape index (κ2) is 15.2. The Kier molecular flexibility index (Phi) is 12.4. The Labute approximate surface area is 291 Å². The molecule has 0 aliphatic heterocycles. The Bertz CT molecular complexity index is 1730. The average molecular weight is 795 g/mol. The molecule has 0 saturated carbocycles. The van der Waals surface area contributed by atoms with Crippen molar-refractivity contribution in [3.8, 4) is 22.4 Å². The van der Waals surface area contributed by atoms with Gasteiger partial charge in [0.15, 0.2) is 5.78 Å². The fourth-order valence-corrected chi connectivity index (χ4v) is 6.52. The SMILES string of the molecule is CCC(C)C(=O)/C(C)=C(\O)C(C)CC.Cc1[c-]c(-c2cc(CC(C)C)c3cc4c(cc3n2)C(C)(C)c2ccccc2-4)cc(C)c1.[Ir]. The van der Waals surface area contributed by atoms with Gasteiger partial charge in [-0.25, -0.2) is 0 Å². The number of aromatic nitrogens is 1. The minimum Gasteiger partial charge on any atom is -0.512 e. The molecule has 1 heterocycles. The van der Waals surface area contributed by atoms with Crippen LogP contribution in [-0.2, 0) is 36.7 Å². The van der Waals surface area contributed by atoms with Gasteiger partial charge in [-0.2, -0.15) is 0 Å². The molecule has 46 heavy (non-hydrogen) atoms. The second-order valence-corrected chi connectivity index (χ2v) is 14.1. The van der Waals surface area contributed by atoms with E-state index < -0.39 is 0 Å². The number of aliphatic hydroxyl groups is 1. The largest absolute Gasteiger partial charge is 0.512 e. The van der Waals surface area contributed by atoms with Crippen molar-refractivity contribution in [3.63, 3.8) is 0 Å². The first-order valence-corrected chi connectivity index (χ1v) is 16.7. The number of pyridine rings is 1. The number of carbonyl (C=O) groups excluding carboxylic acids is 1. The zero-order valence-electron chi connectivity index (χ0n) is 29.7. The maximum absolute atomic E-state index is 11.7. The fourth-order valence-electron chi connectivity index (χ4n) is 6.52. The Morgan fingerprint density at radius 2 is 1.54 bits per heavy atom. The molecular weight excluding hydrogens is 743 g/mol. The van der Waals surface area contributed by atoms with E-state index in [-0.39, 0.29) is 48.9 Å². The topological polar surface area (TPSA) is 50.2 Å². The number of aliphatic hydroxyl groups excluding tert-OH is 1. The first-order valence-electron chi connectivity index (χ1n) is 16.7. The Morgan fingerprint density at radius 3 is 2.15 bits per heavy atom. The number of benzene rings is 3. The summed E-state index contributed by atoms with van der Waals surface area (Å²) in [7, 11) is 0. The maximum Gasteiger partial charge on any atom is 0.164 e. The summed E-state index contributed by atoms with van der Waals surface area (Å²) < 4.78 is 0. The van der Waals surface area contributed by atoms with Crippen LogP contribution in [0.2, 0.25) is 0 Å². The summed E-state index contributed by atoms with van der Waals surface area (Å²) in [5, 5.41) is 11.0. The van der Waals surface area contributed by atoms with Crippen LogP contribution in [0, 0.1) is 37.7 Å². The molecule has 1 aromatic heterocycles. The van der Waals surface area contributed by atoms with E-state index in [1.54, 1.807) is 6.92 Å². The van der Waals surface area contributed by atoms with Crippen molar-refractivity contribution in [2.45, 2.75) is 101 Å². The number of carbonyl (C=O) groups is 1. The maximum atomic E-state index is 11.7. The van der Waals surface area contributed by atoms with Crippen LogP contribution in [0.25, 0.3) is 33.3 Å². The van der Waals surface area contributed by atoms with Gasteiger partial charge in [0.25, 0.3) is 0 Å². The first kappa shape index (κ1) is 37.4. The van der Waals surface area contributed by atoms with Crippen molar-refractivity contribution in [3.05, 3.63) is 99.8 Å². The molecule has 0 amide bonds. The van der Waals surface area contributed by atoms with Gasteiger partial charge in [0.1, 0.15) is 5.76 Å². The molecule has 0 fully saturated rings. The number of nitrogens with zero attached hydrogens (tertiary/aromatic N) is 1. The van der Waals surface area contributed by atoms with Crippen molar-refractivity contribution in [1.29, 1.82) is 0 Å². The van der Waals surface area contributed by atoms with E-state index in [9.17, 15) is 9.90 Å². The third-order valence-corrected chi connectivity index (χ3v) is 9.54. The number of ketones is 1. The summed E-state index contributed by atoms with van der Waals surface area (Å²) in [5.74, 6) is 1.02. The molecule has 4 heteroatoms. The normalized spacial score (nSPS) is 14.8. The smallest absolute Gasteiger partial charge is 0.164 e.